The summed E-state index contributed by atoms with van der Waals surface area (Å²) in [4.78, 5) is 22.9. The average Bonchev–Trinajstić information content (AvgIpc) is 2.26. The first-order valence-electron chi connectivity index (χ1n) is 4.34. The smallest absolute Gasteiger partial charge is 0.328 e. The fourth-order valence-corrected chi connectivity index (χ4v) is 1.18. The topological polar surface area (TPSA) is 90.6 Å². The summed E-state index contributed by atoms with van der Waals surface area (Å²) in [5.41, 5.74) is 0. The third kappa shape index (κ3) is 3.40. The Morgan fingerprint density at radius 3 is 2.87 bits per heavy atom. The predicted octanol–water partition coefficient (Wildman–Crippen LogP) is -0.622. The van der Waals surface area contributed by atoms with Gasteiger partial charge in [-0.2, -0.15) is 5.26 Å². The molecule has 0 radical (unpaired) electrons. The zero-order valence-electron chi connectivity index (χ0n) is 7.92. The molecule has 0 aromatic heterocycles. The van der Waals surface area contributed by atoms with Crippen LogP contribution in [0.25, 0.3) is 0 Å². The van der Waals surface area contributed by atoms with Gasteiger partial charge in [0.25, 0.3) is 0 Å². The van der Waals surface area contributed by atoms with Gasteiger partial charge in [-0.15, -0.1) is 0 Å². The highest BCUT2D eigenvalue weighted by molar-refractivity contribution is 5.93. The van der Waals surface area contributed by atoms with Crippen molar-refractivity contribution in [1.29, 1.82) is 5.26 Å². The monoisotopic (exact) mass is 210 g/mol. The molecule has 1 saturated heterocycles. The minimum atomic E-state index is -1.17. The number of amides is 1. The maximum Gasteiger partial charge on any atom is 0.328 e. The molecule has 1 atom stereocenters. The number of nitriles is 1. The molecule has 1 heterocycles. The molecule has 0 aliphatic carbocycles. The summed E-state index contributed by atoms with van der Waals surface area (Å²) in [6.45, 7) is 0.852. The van der Waals surface area contributed by atoms with E-state index in [0.717, 1.165) is 12.2 Å². The van der Waals surface area contributed by atoms with Gasteiger partial charge in [0.05, 0.1) is 19.2 Å². The molecule has 0 aromatic carbocycles. The van der Waals surface area contributed by atoms with Gasteiger partial charge >= 0.3 is 5.97 Å². The zero-order chi connectivity index (χ0) is 11.3. The van der Waals surface area contributed by atoms with E-state index in [0.29, 0.717) is 13.2 Å². The van der Waals surface area contributed by atoms with E-state index in [1.165, 1.54) is 4.90 Å². The van der Waals surface area contributed by atoms with Crippen molar-refractivity contribution in [2.75, 3.05) is 19.7 Å². The molecular weight excluding hydrogens is 200 g/mol. The summed E-state index contributed by atoms with van der Waals surface area (Å²) in [6, 6.07) is 1.90. The number of carboxylic acid groups (broad SMARTS) is 1. The molecule has 1 rings (SSSR count). The van der Waals surface area contributed by atoms with Crippen LogP contribution in [0.4, 0.5) is 0 Å². The van der Waals surface area contributed by atoms with Gasteiger partial charge < -0.3 is 14.7 Å². The molecule has 1 aliphatic rings. The van der Waals surface area contributed by atoms with Crippen LogP contribution in [0.1, 0.15) is 0 Å². The van der Waals surface area contributed by atoms with Crippen LogP contribution in [-0.2, 0) is 14.3 Å². The van der Waals surface area contributed by atoms with Crippen molar-refractivity contribution >= 4 is 11.9 Å². The quantitative estimate of drug-likeness (QED) is 0.613. The SMILES string of the molecule is N#CC1CN(C(=O)/C=C\C(=O)O)CCO1. The summed E-state index contributed by atoms with van der Waals surface area (Å²) in [5.74, 6) is -1.59. The normalized spacial score (nSPS) is 21.3. The number of aliphatic carboxylic acids is 1. The summed E-state index contributed by atoms with van der Waals surface area (Å²) >= 11 is 0. The number of carbonyl (C=O) groups is 2. The number of carbonyl (C=O) groups excluding carboxylic acids is 1. The first kappa shape index (κ1) is 11.2. The van der Waals surface area contributed by atoms with Gasteiger partial charge in [-0.25, -0.2) is 4.79 Å². The minimum Gasteiger partial charge on any atom is -0.478 e. The van der Waals surface area contributed by atoms with Crippen molar-refractivity contribution in [2.45, 2.75) is 6.10 Å². The second kappa shape index (κ2) is 5.12. The number of nitrogens with zero attached hydrogens (tertiary/aromatic N) is 2. The summed E-state index contributed by atoms with van der Waals surface area (Å²) in [5, 5.41) is 16.9. The van der Waals surface area contributed by atoms with E-state index in [1.54, 1.807) is 0 Å². The molecule has 1 fully saturated rings. The van der Waals surface area contributed by atoms with E-state index in [1.807, 2.05) is 6.07 Å². The van der Waals surface area contributed by atoms with Crippen molar-refractivity contribution in [3.05, 3.63) is 12.2 Å². The highest BCUT2D eigenvalue weighted by atomic mass is 16.5. The van der Waals surface area contributed by atoms with Gasteiger partial charge in [-0.1, -0.05) is 0 Å². The molecule has 0 bridgehead atoms. The molecule has 1 aliphatic heterocycles. The lowest BCUT2D eigenvalue weighted by atomic mass is 10.3. The number of morpholine rings is 1. The van der Waals surface area contributed by atoms with Crippen LogP contribution in [0.3, 0.4) is 0 Å². The van der Waals surface area contributed by atoms with Gasteiger partial charge in [-0.05, 0) is 0 Å². The highest BCUT2D eigenvalue weighted by Crippen LogP contribution is 2.04. The Morgan fingerprint density at radius 1 is 1.53 bits per heavy atom. The molecule has 80 valence electrons. The first-order valence-corrected chi connectivity index (χ1v) is 4.34. The summed E-state index contributed by atoms with van der Waals surface area (Å²) in [6.07, 6.45) is 1.13. The van der Waals surface area contributed by atoms with Crippen molar-refractivity contribution in [3.63, 3.8) is 0 Å². The number of hydrogen-bond acceptors (Lipinski definition) is 4. The Hall–Kier alpha value is -1.87. The van der Waals surface area contributed by atoms with Crippen molar-refractivity contribution < 1.29 is 19.4 Å². The minimum absolute atomic E-state index is 0.180. The van der Waals surface area contributed by atoms with E-state index in [9.17, 15) is 9.59 Å². The third-order valence-corrected chi connectivity index (χ3v) is 1.89. The van der Waals surface area contributed by atoms with E-state index in [2.05, 4.69) is 0 Å². The Morgan fingerprint density at radius 2 is 2.27 bits per heavy atom. The van der Waals surface area contributed by atoms with Crippen molar-refractivity contribution in [1.82, 2.24) is 4.90 Å². The molecule has 0 saturated carbocycles. The fourth-order valence-electron chi connectivity index (χ4n) is 1.18. The number of hydrogen-bond donors (Lipinski definition) is 1. The lowest BCUT2D eigenvalue weighted by Crippen LogP contribution is -2.44. The van der Waals surface area contributed by atoms with E-state index in [4.69, 9.17) is 15.1 Å². The molecule has 6 heteroatoms. The van der Waals surface area contributed by atoms with Crippen LogP contribution >= 0.6 is 0 Å². The Kier molecular flexibility index (Phi) is 3.83. The average molecular weight is 210 g/mol. The van der Waals surface area contributed by atoms with Crippen molar-refractivity contribution in [3.8, 4) is 6.07 Å². The van der Waals surface area contributed by atoms with Gasteiger partial charge in [-0.3, -0.25) is 4.79 Å². The number of ether oxygens (including phenoxy) is 1. The van der Waals surface area contributed by atoms with E-state index in [-0.39, 0.29) is 6.54 Å². The molecular formula is C9H10N2O4. The van der Waals surface area contributed by atoms with Gasteiger partial charge in [0.15, 0.2) is 6.10 Å². The van der Waals surface area contributed by atoms with Gasteiger partial charge in [0.2, 0.25) is 5.91 Å². The Balaban J connectivity index is 2.53. The van der Waals surface area contributed by atoms with Crippen LogP contribution in [0.2, 0.25) is 0 Å². The molecule has 0 spiro atoms. The molecule has 6 nitrogen and oxygen atoms in total. The maximum atomic E-state index is 11.4. The van der Waals surface area contributed by atoms with Gasteiger partial charge in [0, 0.05) is 18.7 Å². The lowest BCUT2D eigenvalue weighted by Gasteiger charge is -2.28. The van der Waals surface area contributed by atoms with E-state index >= 15 is 0 Å². The molecule has 1 N–H and O–H groups in total. The van der Waals surface area contributed by atoms with Crippen LogP contribution in [0.15, 0.2) is 12.2 Å². The van der Waals surface area contributed by atoms with Crippen LogP contribution in [-0.4, -0.2) is 47.7 Å². The fraction of sp³-hybridized carbons (Fsp3) is 0.444. The number of rotatable bonds is 2. The summed E-state index contributed by atoms with van der Waals surface area (Å²) < 4.78 is 5.04. The van der Waals surface area contributed by atoms with Crippen LogP contribution in [0, 0.1) is 11.3 Å². The number of carboxylic acids is 1. The van der Waals surface area contributed by atoms with Crippen LogP contribution in [0.5, 0.6) is 0 Å². The Bertz CT molecular complexity index is 331. The molecule has 1 unspecified atom stereocenters. The standard InChI is InChI=1S/C9H10N2O4/c10-5-7-6-11(3-4-15-7)8(12)1-2-9(13)14/h1-2,7H,3-4,6H2,(H,13,14)/b2-1-. The lowest BCUT2D eigenvalue weighted by molar-refractivity contribution is -0.134. The molecule has 0 aromatic rings. The highest BCUT2D eigenvalue weighted by Gasteiger charge is 2.22. The zero-order valence-corrected chi connectivity index (χ0v) is 7.92. The maximum absolute atomic E-state index is 11.4. The van der Waals surface area contributed by atoms with E-state index < -0.39 is 18.0 Å². The van der Waals surface area contributed by atoms with Crippen molar-refractivity contribution in [2.24, 2.45) is 0 Å². The summed E-state index contributed by atoms with van der Waals surface area (Å²) in [7, 11) is 0. The second-order valence-corrected chi connectivity index (χ2v) is 2.94. The predicted molar refractivity (Wildman–Crippen MR) is 48.7 cm³/mol. The third-order valence-electron chi connectivity index (χ3n) is 1.89. The molecule has 15 heavy (non-hydrogen) atoms. The van der Waals surface area contributed by atoms with Gasteiger partial charge in [0.1, 0.15) is 0 Å². The Labute approximate surface area is 86.3 Å². The van der Waals surface area contributed by atoms with Crippen LogP contribution < -0.4 is 0 Å². The second-order valence-electron chi connectivity index (χ2n) is 2.94. The first-order chi connectivity index (χ1) is 7.13. The molecule has 1 amide bonds. The largest absolute Gasteiger partial charge is 0.478 e.